The Balaban J connectivity index is 1.23. The first-order valence-corrected chi connectivity index (χ1v) is 12.4. The van der Waals surface area contributed by atoms with Crippen LogP contribution in [0.5, 0.6) is 5.75 Å². The molecule has 0 radical (unpaired) electrons. The van der Waals surface area contributed by atoms with Crippen LogP contribution in [0.3, 0.4) is 0 Å². The topological polar surface area (TPSA) is 96.4 Å². The van der Waals surface area contributed by atoms with Gasteiger partial charge in [-0.2, -0.15) is 5.10 Å². The van der Waals surface area contributed by atoms with Crippen molar-refractivity contribution in [3.63, 3.8) is 0 Å². The van der Waals surface area contributed by atoms with Crippen molar-refractivity contribution in [2.75, 3.05) is 36.4 Å². The minimum atomic E-state index is -4.80. The number of rotatable bonds is 9. The number of ketones is 1. The molecule has 2 fully saturated rings. The molecule has 36 heavy (non-hydrogen) atoms. The molecule has 13 heteroatoms. The minimum Gasteiger partial charge on any atom is -0.406 e. The number of benzene rings is 1. The van der Waals surface area contributed by atoms with E-state index in [0.717, 1.165) is 31.7 Å². The highest BCUT2D eigenvalue weighted by atomic mass is 32.1. The SMILES string of the molecule is O=C(Cc1nnc(N[C@@H]2CCN(c3cccnn3)C2)s1)[C@@H](c1cccc(OC(F)(F)F)c1)N1CCC1. The molecule has 3 aromatic rings. The summed E-state index contributed by atoms with van der Waals surface area (Å²) >= 11 is 1.31. The molecule has 4 heterocycles. The summed E-state index contributed by atoms with van der Waals surface area (Å²) in [6, 6.07) is 8.90. The van der Waals surface area contributed by atoms with Gasteiger partial charge >= 0.3 is 6.36 Å². The number of nitrogens with one attached hydrogen (secondary N) is 1. The number of alkyl halides is 3. The van der Waals surface area contributed by atoms with E-state index in [4.69, 9.17) is 0 Å². The zero-order valence-corrected chi connectivity index (χ0v) is 20.0. The van der Waals surface area contributed by atoms with Crippen LogP contribution in [0.2, 0.25) is 0 Å². The number of ether oxygens (including phenoxy) is 1. The summed E-state index contributed by atoms with van der Waals surface area (Å²) < 4.78 is 42.1. The Bertz CT molecular complexity index is 1190. The largest absolute Gasteiger partial charge is 0.573 e. The molecule has 190 valence electrons. The van der Waals surface area contributed by atoms with Crippen molar-refractivity contribution in [3.05, 3.63) is 53.2 Å². The molecule has 0 aliphatic carbocycles. The summed E-state index contributed by atoms with van der Waals surface area (Å²) in [6.07, 6.45) is -1.28. The molecule has 9 nitrogen and oxygen atoms in total. The van der Waals surface area contributed by atoms with Crippen LogP contribution in [0, 0.1) is 0 Å². The molecule has 2 atom stereocenters. The number of aromatic nitrogens is 4. The number of hydrogen-bond acceptors (Lipinski definition) is 10. The quantitative estimate of drug-likeness (QED) is 0.456. The maximum atomic E-state index is 13.3. The van der Waals surface area contributed by atoms with Gasteiger partial charge in [-0.15, -0.1) is 28.5 Å². The molecule has 5 rings (SSSR count). The van der Waals surface area contributed by atoms with Crippen LogP contribution in [0.25, 0.3) is 0 Å². The third-order valence-electron chi connectivity index (χ3n) is 6.16. The molecule has 2 aliphatic heterocycles. The van der Waals surface area contributed by atoms with Crippen molar-refractivity contribution in [2.24, 2.45) is 0 Å². The van der Waals surface area contributed by atoms with Gasteiger partial charge in [0.05, 0.1) is 12.5 Å². The number of Topliss-reactive ketones (excluding diaryl/α,β-unsaturated/α-hetero) is 1. The lowest BCUT2D eigenvalue weighted by molar-refractivity contribution is -0.274. The van der Waals surface area contributed by atoms with E-state index in [0.29, 0.717) is 28.8 Å². The monoisotopic (exact) mass is 519 g/mol. The number of nitrogens with zero attached hydrogens (tertiary/aromatic N) is 6. The molecule has 2 aromatic heterocycles. The summed E-state index contributed by atoms with van der Waals surface area (Å²) in [5.41, 5.74) is 0.472. The second kappa shape index (κ2) is 10.3. The maximum Gasteiger partial charge on any atom is 0.573 e. The van der Waals surface area contributed by atoms with Crippen LogP contribution in [0.15, 0.2) is 42.6 Å². The molecule has 0 saturated carbocycles. The van der Waals surface area contributed by atoms with Gasteiger partial charge < -0.3 is 15.0 Å². The van der Waals surface area contributed by atoms with Crippen LogP contribution >= 0.6 is 11.3 Å². The molecule has 0 bridgehead atoms. The molecular formula is C23H24F3N7O2S. The van der Waals surface area contributed by atoms with E-state index in [-0.39, 0.29) is 24.0 Å². The standard InChI is InChI=1S/C23H24F3N7O2S/c24-23(25,26)35-17-5-1-4-15(12-17)21(32-9-3-10-32)18(34)13-20-30-31-22(36-20)28-16-7-11-33(14-16)19-6-2-8-27-29-19/h1-2,4-6,8,12,16,21H,3,7,9-11,13-14H2,(H,28,31)/t16-,21-/m1/s1. The zero-order valence-electron chi connectivity index (χ0n) is 19.2. The Hall–Kier alpha value is -3.32. The number of halogens is 3. The lowest BCUT2D eigenvalue weighted by Crippen LogP contribution is -2.44. The second-order valence-corrected chi connectivity index (χ2v) is 9.78. The Labute approximate surface area is 209 Å². The normalized spacial score (nSPS) is 19.1. The summed E-state index contributed by atoms with van der Waals surface area (Å²) in [6.45, 7) is 3.00. The smallest absolute Gasteiger partial charge is 0.406 e. The minimum absolute atomic E-state index is 0.0429. The van der Waals surface area contributed by atoms with Crippen molar-refractivity contribution in [2.45, 2.75) is 37.7 Å². The van der Waals surface area contributed by atoms with Crippen molar-refractivity contribution in [1.29, 1.82) is 0 Å². The van der Waals surface area contributed by atoms with E-state index in [9.17, 15) is 18.0 Å². The van der Waals surface area contributed by atoms with E-state index in [1.54, 1.807) is 12.3 Å². The number of hydrogen-bond donors (Lipinski definition) is 1. The van der Waals surface area contributed by atoms with Gasteiger partial charge in [0.25, 0.3) is 0 Å². The highest BCUT2D eigenvalue weighted by Crippen LogP contribution is 2.32. The van der Waals surface area contributed by atoms with Crippen LogP contribution in [-0.2, 0) is 11.2 Å². The van der Waals surface area contributed by atoms with E-state index < -0.39 is 12.4 Å². The van der Waals surface area contributed by atoms with Crippen LogP contribution in [0.4, 0.5) is 24.1 Å². The summed E-state index contributed by atoms with van der Waals surface area (Å²) in [5, 5.41) is 21.0. The van der Waals surface area contributed by atoms with Crippen LogP contribution in [-0.4, -0.2) is 69.7 Å². The Morgan fingerprint density at radius 3 is 2.75 bits per heavy atom. The van der Waals surface area contributed by atoms with E-state index in [1.165, 1.54) is 29.5 Å². The third kappa shape index (κ3) is 5.90. The van der Waals surface area contributed by atoms with Crippen LogP contribution < -0.4 is 15.0 Å². The maximum absolute atomic E-state index is 13.3. The van der Waals surface area contributed by atoms with Gasteiger partial charge in [-0.1, -0.05) is 23.5 Å². The fraction of sp³-hybridized carbons (Fsp3) is 0.435. The van der Waals surface area contributed by atoms with Crippen molar-refractivity contribution in [3.8, 4) is 5.75 Å². The first-order chi connectivity index (χ1) is 17.3. The number of carbonyl (C=O) groups is 1. The van der Waals surface area contributed by atoms with Crippen molar-refractivity contribution < 1.29 is 22.7 Å². The van der Waals surface area contributed by atoms with Gasteiger partial charge in [-0.05, 0) is 42.7 Å². The van der Waals surface area contributed by atoms with Gasteiger partial charge in [-0.3, -0.25) is 9.69 Å². The first-order valence-electron chi connectivity index (χ1n) is 11.6. The lowest BCUT2D eigenvalue weighted by Gasteiger charge is -2.37. The van der Waals surface area contributed by atoms with Gasteiger partial charge in [0.1, 0.15) is 10.8 Å². The van der Waals surface area contributed by atoms with Crippen LogP contribution in [0.1, 0.15) is 29.5 Å². The van der Waals surface area contributed by atoms with Gasteiger partial charge in [-0.25, -0.2) is 0 Å². The van der Waals surface area contributed by atoms with E-state index in [1.807, 2.05) is 17.0 Å². The Kier molecular flexibility index (Phi) is 7.01. The highest BCUT2D eigenvalue weighted by molar-refractivity contribution is 7.15. The third-order valence-corrected chi connectivity index (χ3v) is 7.01. The van der Waals surface area contributed by atoms with Gasteiger partial charge in [0, 0.05) is 38.4 Å². The summed E-state index contributed by atoms with van der Waals surface area (Å²) in [4.78, 5) is 17.4. The predicted octanol–water partition coefficient (Wildman–Crippen LogP) is 3.48. The molecule has 0 spiro atoms. The van der Waals surface area contributed by atoms with Gasteiger partial charge in [0.15, 0.2) is 11.6 Å². The number of likely N-dealkylation sites (tertiary alicyclic amines) is 1. The van der Waals surface area contributed by atoms with E-state index >= 15 is 0 Å². The molecule has 2 aliphatic rings. The van der Waals surface area contributed by atoms with Gasteiger partial charge in [0.2, 0.25) is 5.13 Å². The zero-order chi connectivity index (χ0) is 25.1. The molecule has 0 unspecified atom stereocenters. The average Bonchev–Trinajstić information content (AvgIpc) is 3.45. The molecule has 0 amide bonds. The second-order valence-electron chi connectivity index (χ2n) is 8.71. The Morgan fingerprint density at radius 2 is 2.03 bits per heavy atom. The van der Waals surface area contributed by atoms with Crippen molar-refractivity contribution in [1.82, 2.24) is 25.3 Å². The fourth-order valence-corrected chi connectivity index (χ4v) is 5.26. The molecular weight excluding hydrogens is 495 g/mol. The molecule has 1 aromatic carbocycles. The number of anilines is 2. The molecule has 2 saturated heterocycles. The highest BCUT2D eigenvalue weighted by Gasteiger charge is 2.34. The molecule has 1 N–H and O–H groups in total. The lowest BCUT2D eigenvalue weighted by atomic mass is 9.96. The average molecular weight is 520 g/mol. The summed E-state index contributed by atoms with van der Waals surface area (Å²) in [7, 11) is 0. The number of carbonyl (C=O) groups excluding carboxylic acids is 1. The van der Waals surface area contributed by atoms with Crippen molar-refractivity contribution >= 4 is 28.1 Å². The predicted molar refractivity (Wildman–Crippen MR) is 127 cm³/mol. The Morgan fingerprint density at radius 1 is 1.17 bits per heavy atom. The summed E-state index contributed by atoms with van der Waals surface area (Å²) in [5.74, 6) is 0.344. The fourth-order valence-electron chi connectivity index (χ4n) is 4.43. The first kappa shape index (κ1) is 24.4. The van der Waals surface area contributed by atoms with E-state index in [2.05, 4.69) is 35.3 Å².